The molecule has 7 nitrogen and oxygen atoms in total. The predicted molar refractivity (Wildman–Crippen MR) is 128 cm³/mol. The summed E-state index contributed by atoms with van der Waals surface area (Å²) in [5, 5.41) is 12.4. The van der Waals surface area contributed by atoms with Gasteiger partial charge in [0.15, 0.2) is 11.9 Å². The van der Waals surface area contributed by atoms with Crippen molar-refractivity contribution in [2.75, 3.05) is 11.4 Å². The van der Waals surface area contributed by atoms with Gasteiger partial charge in [-0.25, -0.2) is 4.99 Å². The van der Waals surface area contributed by atoms with Crippen molar-refractivity contribution in [2.45, 2.75) is 56.8 Å². The third-order valence-corrected chi connectivity index (χ3v) is 7.27. The zero-order chi connectivity index (χ0) is 23.4. The molecule has 0 saturated heterocycles. The van der Waals surface area contributed by atoms with Crippen molar-refractivity contribution < 1.29 is 19.1 Å². The molecule has 1 saturated carbocycles. The van der Waals surface area contributed by atoms with Gasteiger partial charge in [-0.3, -0.25) is 9.59 Å². The molecule has 0 bridgehead atoms. The lowest BCUT2D eigenvalue weighted by molar-refractivity contribution is -0.148. The number of aliphatic imine (C=N–C) groups is 1. The maximum Gasteiger partial charge on any atom is 0.268 e. The van der Waals surface area contributed by atoms with Gasteiger partial charge in [-0.2, -0.15) is 0 Å². The lowest BCUT2D eigenvalue weighted by atomic mass is 9.85. The third-order valence-electron chi connectivity index (χ3n) is 7.27. The lowest BCUT2D eigenvalue weighted by Crippen LogP contribution is -2.45. The topological polar surface area (TPSA) is 92.3 Å². The maximum absolute atomic E-state index is 13.7. The fraction of sp³-hybridized carbons (Fsp3) is 0.370. The number of carbonyl (C=O) groups is 1. The Bertz CT molecular complexity index is 1390. The van der Waals surface area contributed by atoms with E-state index >= 15 is 0 Å². The molecule has 1 aliphatic carbocycles. The van der Waals surface area contributed by atoms with Crippen molar-refractivity contribution in [3.8, 4) is 0 Å². The molecule has 1 N–H and O–H groups in total. The van der Waals surface area contributed by atoms with Crippen LogP contribution in [0.1, 0.15) is 62.0 Å². The molecule has 1 amide bonds. The maximum atomic E-state index is 13.7. The van der Waals surface area contributed by atoms with E-state index in [0.717, 1.165) is 25.7 Å². The van der Waals surface area contributed by atoms with Crippen molar-refractivity contribution in [1.82, 2.24) is 0 Å². The van der Waals surface area contributed by atoms with Crippen molar-refractivity contribution in [3.63, 3.8) is 0 Å². The highest BCUT2D eigenvalue weighted by Gasteiger charge is 2.60. The molecule has 1 aromatic heterocycles. The van der Waals surface area contributed by atoms with Gasteiger partial charge in [-0.05, 0) is 38.0 Å². The molecule has 1 fully saturated rings. The molecule has 0 unspecified atom stereocenters. The number of anilines is 1. The Kier molecular flexibility index (Phi) is 4.85. The molecule has 3 heterocycles. The highest BCUT2D eigenvalue weighted by Crippen LogP contribution is 2.51. The quantitative estimate of drug-likeness (QED) is 0.635. The number of fused-ring (bicyclic) bond motifs is 3. The van der Waals surface area contributed by atoms with Gasteiger partial charge in [0.25, 0.3) is 11.8 Å². The fourth-order valence-corrected chi connectivity index (χ4v) is 5.57. The Hall–Kier alpha value is -3.45. The largest absolute Gasteiger partial charge is 0.463 e. The minimum Gasteiger partial charge on any atom is -0.463 e. The first-order chi connectivity index (χ1) is 16.5. The average molecular weight is 459 g/mol. The summed E-state index contributed by atoms with van der Waals surface area (Å²) < 4.78 is 12.4. The number of hydrogen-bond acceptors (Lipinski definition) is 6. The lowest BCUT2D eigenvalue weighted by Gasteiger charge is -2.28. The fourth-order valence-electron chi connectivity index (χ4n) is 5.57. The Morgan fingerprint density at radius 3 is 2.59 bits per heavy atom. The van der Waals surface area contributed by atoms with Crippen molar-refractivity contribution >= 4 is 28.5 Å². The van der Waals surface area contributed by atoms with E-state index in [2.05, 4.69) is 0 Å². The summed E-state index contributed by atoms with van der Waals surface area (Å²) >= 11 is 0. The number of hydrogen-bond donors (Lipinski definition) is 1. The second-order valence-electron chi connectivity index (χ2n) is 9.23. The number of benzene rings is 2. The van der Waals surface area contributed by atoms with Gasteiger partial charge in [-0.15, -0.1) is 0 Å². The number of likely N-dealkylation sites (N-methyl/N-ethyl adjacent to an activating group) is 1. The molecule has 34 heavy (non-hydrogen) atoms. The number of carbonyl (C=O) groups excluding carboxylic acids is 1. The van der Waals surface area contributed by atoms with Crippen LogP contribution in [0.4, 0.5) is 5.69 Å². The van der Waals surface area contributed by atoms with Gasteiger partial charge in [0, 0.05) is 12.1 Å². The van der Waals surface area contributed by atoms with Gasteiger partial charge in [0.05, 0.1) is 22.7 Å². The second kappa shape index (κ2) is 7.81. The van der Waals surface area contributed by atoms with Gasteiger partial charge < -0.3 is 19.2 Å². The summed E-state index contributed by atoms with van der Waals surface area (Å²) in [6, 6.07) is 14.1. The summed E-state index contributed by atoms with van der Waals surface area (Å²) in [5.74, 6) is -0.102. The Morgan fingerprint density at radius 1 is 1.06 bits per heavy atom. The molecular formula is C27H26N2O5. The van der Waals surface area contributed by atoms with E-state index in [0.29, 0.717) is 28.8 Å². The Balaban J connectivity index is 1.58. The molecule has 2 atom stereocenters. The summed E-state index contributed by atoms with van der Waals surface area (Å²) in [7, 11) is 0. The predicted octanol–water partition coefficient (Wildman–Crippen LogP) is 4.20. The van der Waals surface area contributed by atoms with Crippen LogP contribution in [0.5, 0.6) is 0 Å². The standard InChI is InChI=1S/C27H26N2O5/c1-2-29-19-14-8-7-13-18(19)27(32,26(29)31)24-21-22(30)17-12-6-9-15-20(17)33-23(21)25(34-24)28-16-10-4-3-5-11-16/h6-9,12-16,24,32H,2-5,10-11H2,1H3/t24-,27-/m0/s1. The molecule has 6 rings (SSSR count). The van der Waals surface area contributed by atoms with Gasteiger partial charge >= 0.3 is 0 Å². The SMILES string of the molecule is CCN1C(=O)[C@@](O)([C@H]2OC(=NC3CCCCC3)c3oc4ccccc4c(=O)c32)c2ccccc21. The van der Waals surface area contributed by atoms with Gasteiger partial charge in [0.2, 0.25) is 11.0 Å². The van der Waals surface area contributed by atoms with Crippen LogP contribution in [0, 0.1) is 0 Å². The molecule has 2 aliphatic heterocycles. The molecule has 3 aromatic rings. The zero-order valence-electron chi connectivity index (χ0n) is 19.0. The molecule has 7 heteroatoms. The summed E-state index contributed by atoms with van der Waals surface area (Å²) in [6.07, 6.45) is 3.96. The monoisotopic (exact) mass is 458 g/mol. The Morgan fingerprint density at radius 2 is 1.79 bits per heavy atom. The van der Waals surface area contributed by atoms with E-state index in [1.54, 1.807) is 42.5 Å². The van der Waals surface area contributed by atoms with Crippen LogP contribution in [0.15, 0.2) is 62.7 Å². The van der Waals surface area contributed by atoms with Crippen LogP contribution in [0.3, 0.4) is 0 Å². The first-order valence-electron chi connectivity index (χ1n) is 12.0. The van der Waals surface area contributed by atoms with Crippen molar-refractivity contribution in [2.24, 2.45) is 4.99 Å². The minimum absolute atomic E-state index is 0.0560. The molecule has 3 aliphatic rings. The van der Waals surface area contributed by atoms with Gasteiger partial charge in [-0.1, -0.05) is 49.6 Å². The number of nitrogens with zero attached hydrogens (tertiary/aromatic N) is 2. The summed E-state index contributed by atoms with van der Waals surface area (Å²) in [4.78, 5) is 33.7. The highest BCUT2D eigenvalue weighted by atomic mass is 16.5. The van der Waals surface area contributed by atoms with E-state index in [1.807, 2.05) is 13.0 Å². The van der Waals surface area contributed by atoms with Crippen LogP contribution < -0.4 is 10.3 Å². The molecule has 0 radical (unpaired) electrons. The smallest absolute Gasteiger partial charge is 0.268 e. The first-order valence-corrected chi connectivity index (χ1v) is 12.0. The van der Waals surface area contributed by atoms with E-state index in [1.165, 1.54) is 11.3 Å². The van der Waals surface area contributed by atoms with Crippen LogP contribution in [-0.4, -0.2) is 29.5 Å². The average Bonchev–Trinajstić information content (AvgIpc) is 3.33. The van der Waals surface area contributed by atoms with Crippen LogP contribution >= 0.6 is 0 Å². The first kappa shape index (κ1) is 21.1. The highest BCUT2D eigenvalue weighted by molar-refractivity contribution is 6.09. The number of aliphatic hydroxyl groups is 1. The summed E-state index contributed by atoms with van der Waals surface area (Å²) in [5.41, 5.74) is -0.773. The normalized spacial score (nSPS) is 25.6. The number of para-hydroxylation sites is 2. The number of ether oxygens (including phenoxy) is 1. The second-order valence-corrected chi connectivity index (χ2v) is 9.23. The van der Waals surface area contributed by atoms with Crippen molar-refractivity contribution in [3.05, 3.63) is 75.6 Å². The third kappa shape index (κ3) is 2.89. The van der Waals surface area contributed by atoms with Crippen LogP contribution in [0.2, 0.25) is 0 Å². The van der Waals surface area contributed by atoms with E-state index < -0.39 is 17.6 Å². The van der Waals surface area contributed by atoms with E-state index in [-0.39, 0.29) is 28.7 Å². The minimum atomic E-state index is -2.07. The zero-order valence-corrected chi connectivity index (χ0v) is 19.0. The van der Waals surface area contributed by atoms with Crippen LogP contribution in [0.25, 0.3) is 11.0 Å². The molecular weight excluding hydrogens is 432 g/mol. The number of amides is 1. The van der Waals surface area contributed by atoms with E-state index in [9.17, 15) is 14.7 Å². The van der Waals surface area contributed by atoms with Crippen molar-refractivity contribution in [1.29, 1.82) is 0 Å². The summed E-state index contributed by atoms with van der Waals surface area (Å²) in [6.45, 7) is 2.23. The Labute approximate surface area is 196 Å². The van der Waals surface area contributed by atoms with E-state index in [4.69, 9.17) is 14.1 Å². The molecule has 174 valence electrons. The molecule has 0 spiro atoms. The van der Waals surface area contributed by atoms with Gasteiger partial charge in [0.1, 0.15) is 5.58 Å². The molecule has 2 aromatic carbocycles. The van der Waals surface area contributed by atoms with Crippen LogP contribution in [-0.2, 0) is 15.1 Å². The number of rotatable bonds is 3.